The fourth-order valence-corrected chi connectivity index (χ4v) is 5.16. The number of fused-ring (bicyclic) bond motifs is 1. The predicted octanol–water partition coefficient (Wildman–Crippen LogP) is 3.99. The van der Waals surface area contributed by atoms with Crippen LogP contribution in [0, 0.1) is 6.92 Å². The second-order valence-corrected chi connectivity index (χ2v) is 9.86. The van der Waals surface area contributed by atoms with Gasteiger partial charge in [0.1, 0.15) is 6.04 Å². The second kappa shape index (κ2) is 8.55. The molecule has 0 radical (unpaired) electrons. The van der Waals surface area contributed by atoms with E-state index in [-0.39, 0.29) is 11.9 Å². The van der Waals surface area contributed by atoms with E-state index in [9.17, 15) is 4.79 Å². The van der Waals surface area contributed by atoms with Gasteiger partial charge in [0.25, 0.3) is 0 Å². The third-order valence-electron chi connectivity index (χ3n) is 6.13. The minimum Gasteiger partial charge on any atom is -0.425 e. The molecule has 170 valence electrons. The van der Waals surface area contributed by atoms with Gasteiger partial charge in [-0.25, -0.2) is 4.98 Å². The van der Waals surface area contributed by atoms with Crippen LogP contribution < -0.4 is 10.2 Å². The molecule has 0 bridgehead atoms. The number of carbonyl (C=O) groups is 1. The maximum absolute atomic E-state index is 12.9. The molecular weight excluding hydrogens is 436 g/mol. The van der Waals surface area contributed by atoms with Crippen molar-refractivity contribution in [3.8, 4) is 0 Å². The highest BCUT2D eigenvalue weighted by Crippen LogP contribution is 2.36. The molecule has 1 saturated heterocycles. The summed E-state index contributed by atoms with van der Waals surface area (Å²) in [5.74, 6) is 1.13. The number of benzene rings is 1. The molecule has 1 aromatic carbocycles. The number of aryl methyl sites for hydroxylation is 1. The van der Waals surface area contributed by atoms with Gasteiger partial charge in [0, 0.05) is 26.2 Å². The number of anilines is 1. The van der Waals surface area contributed by atoms with Gasteiger partial charge in [-0.2, -0.15) is 4.98 Å². The first-order chi connectivity index (χ1) is 15.9. The standard InChI is InChI=1S/C24H26N6O2S/c1-15-28-29-22(32-15)24(2,3)17-12-19-20(25-14-17)27-23(33-19)30-11-7-10-18(30)21(31)26-13-16-8-5-4-6-9-16/h4-6,8-9,12,14,18H,7,10-11,13H2,1-3H3,(H,26,31). The molecular formula is C24H26N6O2S. The Bertz CT molecular complexity index is 1280. The highest BCUT2D eigenvalue weighted by atomic mass is 32.1. The van der Waals surface area contributed by atoms with E-state index in [4.69, 9.17) is 9.40 Å². The van der Waals surface area contributed by atoms with Gasteiger partial charge in [-0.05, 0) is 43.9 Å². The van der Waals surface area contributed by atoms with Gasteiger partial charge in [-0.1, -0.05) is 41.7 Å². The van der Waals surface area contributed by atoms with E-state index in [0.717, 1.165) is 40.3 Å². The lowest BCUT2D eigenvalue weighted by Crippen LogP contribution is -2.43. The number of hydrogen-bond donors (Lipinski definition) is 1. The zero-order valence-electron chi connectivity index (χ0n) is 18.9. The number of pyridine rings is 1. The van der Waals surface area contributed by atoms with E-state index in [1.165, 1.54) is 0 Å². The number of amides is 1. The van der Waals surface area contributed by atoms with Crippen LogP contribution >= 0.6 is 11.3 Å². The number of thiazole rings is 1. The SMILES string of the molecule is Cc1nnc(C(C)(C)c2cnc3nc(N4CCCC4C(=O)NCc4ccccc4)sc3c2)o1. The van der Waals surface area contributed by atoms with Crippen LogP contribution in [-0.4, -0.2) is 38.7 Å². The Kier molecular flexibility index (Phi) is 5.57. The van der Waals surface area contributed by atoms with Crippen LogP contribution in [-0.2, 0) is 16.8 Å². The number of nitrogens with zero attached hydrogens (tertiary/aromatic N) is 5. The van der Waals surface area contributed by atoms with Crippen molar-refractivity contribution in [2.24, 2.45) is 0 Å². The highest BCUT2D eigenvalue weighted by Gasteiger charge is 2.34. The van der Waals surface area contributed by atoms with Crippen molar-refractivity contribution >= 4 is 32.7 Å². The molecule has 5 rings (SSSR count). The monoisotopic (exact) mass is 462 g/mol. The Labute approximate surface area is 196 Å². The molecule has 0 saturated carbocycles. The van der Waals surface area contributed by atoms with Crippen molar-refractivity contribution in [2.45, 2.75) is 51.6 Å². The Morgan fingerprint density at radius 2 is 2.09 bits per heavy atom. The van der Waals surface area contributed by atoms with Crippen LogP contribution in [0.3, 0.4) is 0 Å². The molecule has 1 unspecified atom stereocenters. The van der Waals surface area contributed by atoms with Crippen LogP contribution in [0.1, 0.15) is 49.6 Å². The van der Waals surface area contributed by atoms with E-state index in [0.29, 0.717) is 24.0 Å². The number of nitrogens with one attached hydrogen (secondary N) is 1. The first-order valence-electron chi connectivity index (χ1n) is 11.1. The molecule has 4 aromatic rings. The molecule has 3 aromatic heterocycles. The number of hydrogen-bond acceptors (Lipinski definition) is 8. The third kappa shape index (κ3) is 4.20. The average Bonchev–Trinajstić information content (AvgIpc) is 3.56. The summed E-state index contributed by atoms with van der Waals surface area (Å²) in [6.07, 6.45) is 3.60. The quantitative estimate of drug-likeness (QED) is 0.463. The zero-order chi connectivity index (χ0) is 23.0. The van der Waals surface area contributed by atoms with Crippen LogP contribution in [0.5, 0.6) is 0 Å². The molecule has 9 heteroatoms. The lowest BCUT2D eigenvalue weighted by molar-refractivity contribution is -0.122. The van der Waals surface area contributed by atoms with Crippen molar-refractivity contribution < 1.29 is 9.21 Å². The Morgan fingerprint density at radius 1 is 1.27 bits per heavy atom. The van der Waals surface area contributed by atoms with Crippen LogP contribution in [0.15, 0.2) is 47.0 Å². The van der Waals surface area contributed by atoms with E-state index in [1.54, 1.807) is 18.3 Å². The van der Waals surface area contributed by atoms with Crippen molar-refractivity contribution in [3.05, 3.63) is 65.5 Å². The maximum Gasteiger partial charge on any atom is 0.243 e. The smallest absolute Gasteiger partial charge is 0.243 e. The maximum atomic E-state index is 12.9. The van der Waals surface area contributed by atoms with E-state index in [1.807, 2.05) is 50.4 Å². The molecule has 33 heavy (non-hydrogen) atoms. The normalized spacial score (nSPS) is 16.5. The molecule has 1 aliphatic heterocycles. The summed E-state index contributed by atoms with van der Waals surface area (Å²) in [7, 11) is 0. The summed E-state index contributed by atoms with van der Waals surface area (Å²) < 4.78 is 6.66. The number of aromatic nitrogens is 4. The molecule has 0 aliphatic carbocycles. The van der Waals surface area contributed by atoms with Gasteiger partial charge in [0.15, 0.2) is 10.8 Å². The zero-order valence-corrected chi connectivity index (χ0v) is 19.7. The van der Waals surface area contributed by atoms with Crippen molar-refractivity contribution in [1.29, 1.82) is 0 Å². The van der Waals surface area contributed by atoms with E-state index < -0.39 is 5.41 Å². The van der Waals surface area contributed by atoms with Crippen molar-refractivity contribution in [2.75, 3.05) is 11.4 Å². The van der Waals surface area contributed by atoms with Gasteiger partial charge in [0.05, 0.1) is 10.1 Å². The van der Waals surface area contributed by atoms with Gasteiger partial charge in [-0.3, -0.25) is 4.79 Å². The molecule has 1 amide bonds. The molecule has 1 atom stereocenters. The molecule has 1 fully saturated rings. The molecule has 4 heterocycles. The summed E-state index contributed by atoms with van der Waals surface area (Å²) in [5, 5.41) is 12.1. The molecule has 1 N–H and O–H groups in total. The minimum atomic E-state index is -0.472. The summed E-state index contributed by atoms with van der Waals surface area (Å²) in [5.41, 5.74) is 2.28. The second-order valence-electron chi connectivity index (χ2n) is 8.85. The number of rotatable bonds is 6. The first kappa shape index (κ1) is 21.5. The highest BCUT2D eigenvalue weighted by molar-refractivity contribution is 7.22. The van der Waals surface area contributed by atoms with Gasteiger partial charge in [-0.15, -0.1) is 10.2 Å². The first-order valence-corrected chi connectivity index (χ1v) is 11.9. The van der Waals surface area contributed by atoms with E-state index >= 15 is 0 Å². The molecule has 1 aliphatic rings. The lowest BCUT2D eigenvalue weighted by Gasteiger charge is -2.23. The van der Waals surface area contributed by atoms with Gasteiger partial charge >= 0.3 is 0 Å². The van der Waals surface area contributed by atoms with Crippen molar-refractivity contribution in [1.82, 2.24) is 25.5 Å². The van der Waals surface area contributed by atoms with Crippen LogP contribution in [0.25, 0.3) is 10.3 Å². The van der Waals surface area contributed by atoms with Crippen LogP contribution in [0.2, 0.25) is 0 Å². The largest absolute Gasteiger partial charge is 0.425 e. The minimum absolute atomic E-state index is 0.0390. The number of carbonyl (C=O) groups excluding carboxylic acids is 1. The Hall–Kier alpha value is -3.33. The third-order valence-corrected chi connectivity index (χ3v) is 7.16. The summed E-state index contributed by atoms with van der Waals surface area (Å²) >= 11 is 1.57. The summed E-state index contributed by atoms with van der Waals surface area (Å²) in [4.78, 5) is 24.4. The molecule has 8 nitrogen and oxygen atoms in total. The summed E-state index contributed by atoms with van der Waals surface area (Å²) in [6.45, 7) is 7.20. The van der Waals surface area contributed by atoms with E-state index in [2.05, 4.69) is 31.5 Å². The Morgan fingerprint density at radius 3 is 2.85 bits per heavy atom. The predicted molar refractivity (Wildman–Crippen MR) is 127 cm³/mol. The fourth-order valence-electron chi connectivity index (χ4n) is 4.12. The Balaban J connectivity index is 1.36. The lowest BCUT2D eigenvalue weighted by atomic mass is 9.86. The fraction of sp³-hybridized carbons (Fsp3) is 0.375. The summed E-state index contributed by atoms with van der Waals surface area (Å²) in [6, 6.07) is 11.8. The molecule has 0 spiro atoms. The van der Waals surface area contributed by atoms with Crippen LogP contribution in [0.4, 0.5) is 5.13 Å². The van der Waals surface area contributed by atoms with Crippen molar-refractivity contribution in [3.63, 3.8) is 0 Å². The topological polar surface area (TPSA) is 97.0 Å². The van der Waals surface area contributed by atoms with Gasteiger partial charge < -0.3 is 14.6 Å². The average molecular weight is 463 g/mol. The van der Waals surface area contributed by atoms with Gasteiger partial charge in [0.2, 0.25) is 17.7 Å².